The number of benzene rings is 3. The molecule has 0 unspecified atom stereocenters. The molecule has 0 saturated heterocycles. The molecule has 0 aromatic heterocycles. The standard InChI is InChI=1S/C23H21ClN2O3/c1-28-20-13-18(19(24)14-21(20)29-2)15-25-26-23(27)22(16-9-5-3-6-10-16)17-11-7-4-8-12-17/h3-15,22H,1-2H3,(H,26,27)/b25-15+. The number of ether oxygens (including phenoxy) is 2. The van der Waals surface area contributed by atoms with E-state index in [1.54, 1.807) is 19.2 Å². The summed E-state index contributed by atoms with van der Waals surface area (Å²) in [5.41, 5.74) is 4.99. The van der Waals surface area contributed by atoms with Crippen molar-refractivity contribution in [1.82, 2.24) is 5.43 Å². The van der Waals surface area contributed by atoms with Gasteiger partial charge in [0, 0.05) is 11.6 Å². The highest BCUT2D eigenvalue weighted by atomic mass is 35.5. The first kappa shape index (κ1) is 20.4. The van der Waals surface area contributed by atoms with E-state index in [4.69, 9.17) is 21.1 Å². The maximum absolute atomic E-state index is 12.9. The quantitative estimate of drug-likeness (QED) is 0.457. The van der Waals surface area contributed by atoms with Crippen molar-refractivity contribution in [2.75, 3.05) is 14.2 Å². The molecule has 3 aromatic rings. The molecule has 0 aliphatic rings. The average molecular weight is 409 g/mol. The molecule has 0 bridgehead atoms. The van der Waals surface area contributed by atoms with Crippen molar-refractivity contribution in [3.63, 3.8) is 0 Å². The number of hydrogen-bond donors (Lipinski definition) is 1. The highest BCUT2D eigenvalue weighted by molar-refractivity contribution is 6.33. The monoisotopic (exact) mass is 408 g/mol. The summed E-state index contributed by atoms with van der Waals surface area (Å²) in [5.74, 6) is 0.328. The van der Waals surface area contributed by atoms with Crippen molar-refractivity contribution < 1.29 is 14.3 Å². The summed E-state index contributed by atoms with van der Waals surface area (Å²) < 4.78 is 10.5. The Morgan fingerprint density at radius 1 is 0.931 bits per heavy atom. The van der Waals surface area contributed by atoms with Crippen LogP contribution in [0.3, 0.4) is 0 Å². The van der Waals surface area contributed by atoms with Gasteiger partial charge in [-0.3, -0.25) is 4.79 Å². The number of halogens is 1. The van der Waals surface area contributed by atoms with Crippen LogP contribution in [0, 0.1) is 0 Å². The first-order valence-corrected chi connectivity index (χ1v) is 9.36. The predicted octanol–water partition coefficient (Wildman–Crippen LogP) is 4.64. The molecule has 3 aromatic carbocycles. The third-order valence-electron chi connectivity index (χ3n) is 4.41. The topological polar surface area (TPSA) is 59.9 Å². The Bertz CT molecular complexity index is 952. The maximum atomic E-state index is 12.9. The van der Waals surface area contributed by atoms with Crippen LogP contribution in [0.1, 0.15) is 22.6 Å². The van der Waals surface area contributed by atoms with E-state index in [0.29, 0.717) is 22.1 Å². The number of nitrogens with zero attached hydrogens (tertiary/aromatic N) is 1. The number of carbonyl (C=O) groups is 1. The van der Waals surface area contributed by atoms with E-state index in [2.05, 4.69) is 10.5 Å². The van der Waals surface area contributed by atoms with Crippen LogP contribution >= 0.6 is 11.6 Å². The van der Waals surface area contributed by atoms with Crippen LogP contribution in [0.5, 0.6) is 11.5 Å². The molecule has 3 rings (SSSR count). The summed E-state index contributed by atoms with van der Waals surface area (Å²) in [7, 11) is 3.08. The van der Waals surface area contributed by atoms with Gasteiger partial charge in [-0.25, -0.2) is 5.43 Å². The van der Waals surface area contributed by atoms with Crippen molar-refractivity contribution in [1.29, 1.82) is 0 Å². The number of nitrogens with one attached hydrogen (secondary N) is 1. The smallest absolute Gasteiger partial charge is 0.252 e. The van der Waals surface area contributed by atoms with Crippen LogP contribution in [0.2, 0.25) is 5.02 Å². The van der Waals surface area contributed by atoms with E-state index < -0.39 is 5.92 Å². The Kier molecular flexibility index (Phi) is 6.87. The third kappa shape index (κ3) is 4.95. The molecule has 6 heteroatoms. The van der Waals surface area contributed by atoms with Crippen LogP contribution in [-0.2, 0) is 4.79 Å². The highest BCUT2D eigenvalue weighted by Crippen LogP contribution is 2.32. The van der Waals surface area contributed by atoms with E-state index in [1.807, 2.05) is 60.7 Å². The zero-order valence-electron chi connectivity index (χ0n) is 16.1. The zero-order valence-corrected chi connectivity index (χ0v) is 16.9. The minimum atomic E-state index is -0.476. The largest absolute Gasteiger partial charge is 0.493 e. The van der Waals surface area contributed by atoms with Gasteiger partial charge in [0.25, 0.3) is 5.91 Å². The molecule has 0 aliphatic heterocycles. The van der Waals surface area contributed by atoms with Gasteiger partial charge in [0.05, 0.1) is 31.4 Å². The number of hydrogen-bond acceptors (Lipinski definition) is 4. The molecule has 0 saturated carbocycles. The summed E-state index contributed by atoms with van der Waals surface area (Å²) in [5, 5.41) is 4.53. The predicted molar refractivity (Wildman–Crippen MR) is 115 cm³/mol. The van der Waals surface area contributed by atoms with Crippen LogP contribution < -0.4 is 14.9 Å². The molecular formula is C23H21ClN2O3. The molecule has 1 N–H and O–H groups in total. The van der Waals surface area contributed by atoms with Crippen molar-refractivity contribution >= 4 is 23.7 Å². The second-order valence-electron chi connectivity index (χ2n) is 6.22. The summed E-state index contributed by atoms with van der Waals surface area (Å²) in [6.45, 7) is 0. The van der Waals surface area contributed by atoms with Gasteiger partial charge >= 0.3 is 0 Å². The third-order valence-corrected chi connectivity index (χ3v) is 4.74. The second-order valence-corrected chi connectivity index (χ2v) is 6.62. The number of rotatable bonds is 7. The van der Waals surface area contributed by atoms with E-state index >= 15 is 0 Å². The van der Waals surface area contributed by atoms with E-state index in [1.165, 1.54) is 13.3 Å². The molecule has 0 radical (unpaired) electrons. The zero-order chi connectivity index (χ0) is 20.6. The van der Waals surface area contributed by atoms with Gasteiger partial charge < -0.3 is 9.47 Å². The molecule has 29 heavy (non-hydrogen) atoms. The van der Waals surface area contributed by atoms with Crippen LogP contribution in [-0.4, -0.2) is 26.3 Å². The molecule has 0 spiro atoms. The summed E-state index contributed by atoms with van der Waals surface area (Å²) in [6, 6.07) is 22.5. The lowest BCUT2D eigenvalue weighted by Gasteiger charge is -2.16. The fraction of sp³-hybridized carbons (Fsp3) is 0.130. The lowest BCUT2D eigenvalue weighted by molar-refractivity contribution is -0.121. The number of amides is 1. The van der Waals surface area contributed by atoms with Crippen LogP contribution in [0.15, 0.2) is 77.9 Å². The second kappa shape index (κ2) is 9.75. The van der Waals surface area contributed by atoms with Crippen LogP contribution in [0.25, 0.3) is 0 Å². The Balaban J connectivity index is 1.82. The molecule has 0 heterocycles. The Morgan fingerprint density at radius 2 is 1.45 bits per heavy atom. The molecule has 5 nitrogen and oxygen atoms in total. The SMILES string of the molecule is COc1cc(Cl)c(/C=N/NC(=O)C(c2ccccc2)c2ccccc2)cc1OC. The normalized spacial score (nSPS) is 10.9. The van der Waals surface area contributed by atoms with Gasteiger partial charge in [-0.2, -0.15) is 5.10 Å². The first-order chi connectivity index (χ1) is 14.1. The average Bonchev–Trinajstić information content (AvgIpc) is 2.76. The van der Waals surface area contributed by atoms with E-state index in [9.17, 15) is 4.79 Å². The van der Waals surface area contributed by atoms with Gasteiger partial charge in [0.1, 0.15) is 0 Å². The molecule has 0 aliphatic carbocycles. The van der Waals surface area contributed by atoms with Gasteiger partial charge in [-0.1, -0.05) is 72.3 Å². The molecular weight excluding hydrogens is 388 g/mol. The maximum Gasteiger partial charge on any atom is 0.252 e. The Morgan fingerprint density at radius 3 is 1.97 bits per heavy atom. The van der Waals surface area contributed by atoms with Crippen molar-refractivity contribution in [2.45, 2.75) is 5.92 Å². The molecule has 0 fully saturated rings. The van der Waals surface area contributed by atoms with Gasteiger partial charge in [0.2, 0.25) is 0 Å². The van der Waals surface area contributed by atoms with Gasteiger partial charge in [0.15, 0.2) is 11.5 Å². The summed E-state index contributed by atoms with van der Waals surface area (Å²) in [6.07, 6.45) is 1.48. The molecule has 0 atom stereocenters. The van der Waals surface area contributed by atoms with Gasteiger partial charge in [-0.05, 0) is 17.2 Å². The fourth-order valence-corrected chi connectivity index (χ4v) is 3.19. The Hall–Kier alpha value is -3.31. The Labute approximate surface area is 174 Å². The van der Waals surface area contributed by atoms with Crippen molar-refractivity contribution in [3.8, 4) is 11.5 Å². The number of methoxy groups -OCH3 is 2. The lowest BCUT2D eigenvalue weighted by atomic mass is 9.91. The molecule has 1 amide bonds. The first-order valence-electron chi connectivity index (χ1n) is 8.98. The lowest BCUT2D eigenvalue weighted by Crippen LogP contribution is -2.26. The minimum absolute atomic E-state index is 0.241. The summed E-state index contributed by atoms with van der Waals surface area (Å²) in [4.78, 5) is 12.9. The number of carbonyl (C=O) groups excluding carboxylic acids is 1. The molecule has 148 valence electrons. The van der Waals surface area contributed by atoms with E-state index in [0.717, 1.165) is 11.1 Å². The van der Waals surface area contributed by atoms with Crippen molar-refractivity contribution in [3.05, 3.63) is 94.5 Å². The highest BCUT2D eigenvalue weighted by Gasteiger charge is 2.22. The minimum Gasteiger partial charge on any atom is -0.493 e. The fourth-order valence-electron chi connectivity index (χ4n) is 2.99. The van der Waals surface area contributed by atoms with E-state index in [-0.39, 0.29) is 5.91 Å². The van der Waals surface area contributed by atoms with Gasteiger partial charge in [-0.15, -0.1) is 0 Å². The van der Waals surface area contributed by atoms with Crippen molar-refractivity contribution in [2.24, 2.45) is 5.10 Å². The summed E-state index contributed by atoms with van der Waals surface area (Å²) >= 11 is 6.27. The number of hydrazone groups is 1. The van der Waals surface area contributed by atoms with Crippen LogP contribution in [0.4, 0.5) is 0 Å².